The molecule has 108 valence electrons. The fourth-order valence-corrected chi connectivity index (χ4v) is 3.24. The van der Waals surface area contributed by atoms with Crippen LogP contribution in [0.5, 0.6) is 0 Å². The van der Waals surface area contributed by atoms with Crippen molar-refractivity contribution in [2.24, 2.45) is 5.73 Å². The van der Waals surface area contributed by atoms with Crippen LogP contribution in [0.15, 0.2) is 12.3 Å². The molecule has 4 nitrogen and oxygen atoms in total. The summed E-state index contributed by atoms with van der Waals surface area (Å²) in [4.78, 5) is 0. The van der Waals surface area contributed by atoms with Gasteiger partial charge in [0.1, 0.15) is 0 Å². The van der Waals surface area contributed by atoms with Gasteiger partial charge < -0.3 is 10.5 Å². The fourth-order valence-electron chi connectivity index (χ4n) is 3.24. The first-order valence-corrected chi connectivity index (χ1v) is 7.56. The SMILES string of the molecule is CCCn1nccc1C(N)C1(OC)CCCCCC1. The van der Waals surface area contributed by atoms with E-state index >= 15 is 0 Å². The molecule has 0 aliphatic heterocycles. The normalized spacial score (nSPS) is 21.0. The molecule has 2 rings (SSSR count). The molecule has 0 aromatic carbocycles. The van der Waals surface area contributed by atoms with Crippen LogP contribution in [0.3, 0.4) is 0 Å². The molecule has 1 saturated carbocycles. The van der Waals surface area contributed by atoms with Gasteiger partial charge in [-0.15, -0.1) is 0 Å². The van der Waals surface area contributed by atoms with E-state index in [1.54, 1.807) is 0 Å². The Kier molecular flexibility index (Phi) is 4.99. The van der Waals surface area contributed by atoms with Crippen LogP contribution in [0.4, 0.5) is 0 Å². The first kappa shape index (κ1) is 14.5. The average molecular weight is 265 g/mol. The van der Waals surface area contributed by atoms with Gasteiger partial charge in [-0.1, -0.05) is 32.6 Å². The molecule has 1 aromatic rings. The van der Waals surface area contributed by atoms with Crippen LogP contribution < -0.4 is 5.73 Å². The first-order valence-electron chi connectivity index (χ1n) is 7.56. The van der Waals surface area contributed by atoms with Gasteiger partial charge in [-0.25, -0.2) is 0 Å². The summed E-state index contributed by atoms with van der Waals surface area (Å²) in [6, 6.07) is 1.97. The van der Waals surface area contributed by atoms with Gasteiger partial charge in [-0.05, 0) is 25.3 Å². The van der Waals surface area contributed by atoms with E-state index in [4.69, 9.17) is 10.5 Å². The summed E-state index contributed by atoms with van der Waals surface area (Å²) in [6.45, 7) is 3.09. The summed E-state index contributed by atoms with van der Waals surface area (Å²) in [7, 11) is 1.81. The molecule has 0 spiro atoms. The van der Waals surface area contributed by atoms with Crippen molar-refractivity contribution < 1.29 is 4.74 Å². The predicted molar refractivity (Wildman–Crippen MR) is 76.9 cm³/mol. The molecule has 1 aliphatic rings. The minimum atomic E-state index is -0.206. The van der Waals surface area contributed by atoms with Gasteiger partial charge in [-0.2, -0.15) is 5.10 Å². The smallest absolute Gasteiger partial charge is 0.0885 e. The topological polar surface area (TPSA) is 53.1 Å². The van der Waals surface area contributed by atoms with Gasteiger partial charge in [0.2, 0.25) is 0 Å². The third kappa shape index (κ3) is 3.00. The van der Waals surface area contributed by atoms with Crippen molar-refractivity contribution in [1.82, 2.24) is 9.78 Å². The number of aromatic nitrogens is 2. The second-order valence-corrected chi connectivity index (χ2v) is 5.64. The standard InChI is InChI=1S/C15H27N3O/c1-3-12-18-13(8-11-17-18)14(16)15(19-2)9-6-4-5-7-10-15/h8,11,14H,3-7,9-10,12,16H2,1-2H3. The lowest BCUT2D eigenvalue weighted by molar-refractivity contribution is -0.0461. The summed E-state index contributed by atoms with van der Waals surface area (Å²) in [5, 5.41) is 4.39. The summed E-state index contributed by atoms with van der Waals surface area (Å²) < 4.78 is 7.95. The number of ether oxygens (including phenoxy) is 1. The molecular weight excluding hydrogens is 238 g/mol. The average Bonchev–Trinajstić information content (AvgIpc) is 2.74. The van der Waals surface area contributed by atoms with E-state index in [1.807, 2.05) is 24.1 Å². The Balaban J connectivity index is 2.23. The Morgan fingerprint density at radius 2 is 2.05 bits per heavy atom. The Hall–Kier alpha value is -0.870. The number of aryl methyl sites for hydroxylation is 1. The molecule has 19 heavy (non-hydrogen) atoms. The summed E-state index contributed by atoms with van der Waals surface area (Å²) >= 11 is 0. The molecule has 2 N–H and O–H groups in total. The molecule has 1 unspecified atom stereocenters. The molecule has 1 fully saturated rings. The predicted octanol–water partition coefficient (Wildman–Crippen LogP) is 3.03. The Labute approximate surface area is 116 Å². The van der Waals surface area contributed by atoms with Crippen LogP contribution >= 0.6 is 0 Å². The number of hydrogen-bond donors (Lipinski definition) is 1. The van der Waals surface area contributed by atoms with Crippen LogP contribution in [0.2, 0.25) is 0 Å². The first-order chi connectivity index (χ1) is 9.23. The van der Waals surface area contributed by atoms with Gasteiger partial charge >= 0.3 is 0 Å². The number of rotatable bonds is 5. The highest BCUT2D eigenvalue weighted by molar-refractivity contribution is 5.13. The lowest BCUT2D eigenvalue weighted by Gasteiger charge is -2.37. The Morgan fingerprint density at radius 1 is 1.37 bits per heavy atom. The highest BCUT2D eigenvalue weighted by Crippen LogP contribution is 2.38. The van der Waals surface area contributed by atoms with Crippen molar-refractivity contribution in [3.05, 3.63) is 18.0 Å². The fraction of sp³-hybridized carbons (Fsp3) is 0.800. The molecule has 1 atom stereocenters. The van der Waals surface area contributed by atoms with Crippen LogP contribution in [0.1, 0.15) is 63.6 Å². The van der Waals surface area contributed by atoms with Crippen molar-refractivity contribution in [3.63, 3.8) is 0 Å². The van der Waals surface area contributed by atoms with E-state index in [0.29, 0.717) is 0 Å². The van der Waals surface area contributed by atoms with E-state index in [0.717, 1.165) is 31.5 Å². The molecule has 0 amide bonds. The maximum absolute atomic E-state index is 6.57. The lowest BCUT2D eigenvalue weighted by atomic mass is 9.84. The number of methoxy groups -OCH3 is 1. The zero-order valence-corrected chi connectivity index (χ0v) is 12.3. The third-order valence-corrected chi connectivity index (χ3v) is 4.43. The Bertz CT molecular complexity index is 380. The largest absolute Gasteiger partial charge is 0.376 e. The van der Waals surface area contributed by atoms with Crippen LogP contribution in [-0.2, 0) is 11.3 Å². The quantitative estimate of drug-likeness (QED) is 0.833. The van der Waals surface area contributed by atoms with Gasteiger partial charge in [0.05, 0.1) is 17.3 Å². The van der Waals surface area contributed by atoms with Gasteiger partial charge in [-0.3, -0.25) is 4.68 Å². The van der Waals surface area contributed by atoms with E-state index in [9.17, 15) is 0 Å². The molecule has 4 heteroatoms. The maximum Gasteiger partial charge on any atom is 0.0885 e. The molecule has 1 aromatic heterocycles. The maximum atomic E-state index is 6.57. The highest BCUT2D eigenvalue weighted by atomic mass is 16.5. The zero-order chi connectivity index (χ0) is 13.7. The molecule has 0 radical (unpaired) electrons. The lowest BCUT2D eigenvalue weighted by Crippen LogP contribution is -2.43. The minimum Gasteiger partial charge on any atom is -0.376 e. The van der Waals surface area contributed by atoms with Crippen molar-refractivity contribution in [1.29, 1.82) is 0 Å². The van der Waals surface area contributed by atoms with Crippen LogP contribution in [0, 0.1) is 0 Å². The highest BCUT2D eigenvalue weighted by Gasteiger charge is 2.39. The minimum absolute atomic E-state index is 0.0790. The second kappa shape index (κ2) is 6.53. The Morgan fingerprint density at radius 3 is 2.63 bits per heavy atom. The molecule has 0 saturated heterocycles. The van der Waals surface area contributed by atoms with Crippen molar-refractivity contribution in [2.75, 3.05) is 7.11 Å². The summed E-state index contributed by atoms with van der Waals surface area (Å²) in [5.41, 5.74) is 7.48. The monoisotopic (exact) mass is 265 g/mol. The van der Waals surface area contributed by atoms with Crippen LogP contribution in [-0.4, -0.2) is 22.5 Å². The second-order valence-electron chi connectivity index (χ2n) is 5.64. The van der Waals surface area contributed by atoms with E-state index < -0.39 is 0 Å². The van der Waals surface area contributed by atoms with E-state index in [2.05, 4.69) is 12.0 Å². The third-order valence-electron chi connectivity index (χ3n) is 4.43. The molecular formula is C15H27N3O. The number of nitrogens with zero attached hydrogens (tertiary/aromatic N) is 2. The molecule has 0 bridgehead atoms. The van der Waals surface area contributed by atoms with Gasteiger partial charge in [0.15, 0.2) is 0 Å². The van der Waals surface area contributed by atoms with E-state index in [-0.39, 0.29) is 11.6 Å². The van der Waals surface area contributed by atoms with Gasteiger partial charge in [0.25, 0.3) is 0 Å². The zero-order valence-electron chi connectivity index (χ0n) is 12.3. The van der Waals surface area contributed by atoms with E-state index in [1.165, 1.54) is 25.7 Å². The van der Waals surface area contributed by atoms with Crippen molar-refractivity contribution in [3.8, 4) is 0 Å². The molecule has 1 aliphatic carbocycles. The molecule has 1 heterocycles. The van der Waals surface area contributed by atoms with Crippen molar-refractivity contribution in [2.45, 2.75) is 70.1 Å². The van der Waals surface area contributed by atoms with Crippen molar-refractivity contribution >= 4 is 0 Å². The summed E-state index contributed by atoms with van der Waals surface area (Å²) in [5.74, 6) is 0. The van der Waals surface area contributed by atoms with Gasteiger partial charge in [0, 0.05) is 19.9 Å². The van der Waals surface area contributed by atoms with Crippen LogP contribution in [0.25, 0.3) is 0 Å². The number of nitrogens with two attached hydrogens (primary N) is 1. The number of hydrogen-bond acceptors (Lipinski definition) is 3. The summed E-state index contributed by atoms with van der Waals surface area (Å²) in [6.07, 6.45) is 10.1.